The van der Waals surface area contributed by atoms with Gasteiger partial charge < -0.3 is 5.32 Å². The summed E-state index contributed by atoms with van der Waals surface area (Å²) in [6.07, 6.45) is 8.97. The minimum absolute atomic E-state index is 0.162. The van der Waals surface area contributed by atoms with Gasteiger partial charge in [-0.3, -0.25) is 4.79 Å². The van der Waals surface area contributed by atoms with Crippen molar-refractivity contribution >= 4 is 23.2 Å². The van der Waals surface area contributed by atoms with Crippen molar-refractivity contribution in [2.75, 3.05) is 5.75 Å². The smallest absolute Gasteiger partial charge is 0.251 e. The average molecular weight is 325 g/mol. The summed E-state index contributed by atoms with van der Waals surface area (Å²) < 4.78 is 0. The zero-order chi connectivity index (χ0) is 15.4. The third-order valence-electron chi connectivity index (χ3n) is 6.47. The molecule has 1 aliphatic heterocycles. The van der Waals surface area contributed by atoms with Crippen LogP contribution < -0.4 is 5.32 Å². The number of hydrogen-bond acceptors (Lipinski definition) is 2. The van der Waals surface area contributed by atoms with E-state index in [1.165, 1.54) is 37.0 Å². The Bertz CT molecular complexity index is 652. The van der Waals surface area contributed by atoms with Crippen molar-refractivity contribution in [1.82, 2.24) is 5.32 Å². The van der Waals surface area contributed by atoms with Gasteiger partial charge >= 0.3 is 0 Å². The molecule has 2 nitrogen and oxygen atoms in total. The number of hydrogen-bond donors (Lipinski definition) is 1. The zero-order valence-electron chi connectivity index (χ0n) is 13.3. The second-order valence-electron chi connectivity index (χ2n) is 7.85. The lowest BCUT2D eigenvalue weighted by atomic mass is 9.54. The van der Waals surface area contributed by atoms with Gasteiger partial charge in [-0.05, 0) is 61.8 Å². The van der Waals surface area contributed by atoms with Gasteiger partial charge in [-0.1, -0.05) is 24.3 Å². The Kier molecular flexibility index (Phi) is 3.33. The van der Waals surface area contributed by atoms with Gasteiger partial charge in [0.1, 0.15) is 0 Å². The number of thioether (sulfide) groups is 1. The largest absolute Gasteiger partial charge is 0.349 e. The van der Waals surface area contributed by atoms with E-state index in [2.05, 4.69) is 29.6 Å². The van der Waals surface area contributed by atoms with E-state index in [-0.39, 0.29) is 5.91 Å². The molecule has 23 heavy (non-hydrogen) atoms. The molecule has 0 spiro atoms. The molecule has 6 rings (SSSR count). The fraction of sp³-hybridized carbons (Fsp3) is 0.550. The van der Waals surface area contributed by atoms with E-state index in [4.69, 9.17) is 0 Å². The molecule has 0 aromatic heterocycles. The first kappa shape index (κ1) is 14.2. The SMILES string of the molecule is O=C(NC1C2CC3CC(C2)CC1C3)C1=CCSc2ccccc21. The van der Waals surface area contributed by atoms with Crippen LogP contribution in [0.1, 0.15) is 37.7 Å². The van der Waals surface area contributed by atoms with E-state index in [0.717, 1.165) is 40.6 Å². The molecule has 4 aliphatic carbocycles. The molecule has 0 radical (unpaired) electrons. The highest BCUT2D eigenvalue weighted by Gasteiger charge is 2.48. The highest BCUT2D eigenvalue weighted by atomic mass is 32.2. The van der Waals surface area contributed by atoms with Crippen LogP contribution in [-0.2, 0) is 4.79 Å². The van der Waals surface area contributed by atoms with Crippen LogP contribution in [-0.4, -0.2) is 17.7 Å². The van der Waals surface area contributed by atoms with Gasteiger partial charge in [-0.25, -0.2) is 0 Å². The van der Waals surface area contributed by atoms with Gasteiger partial charge in [0.25, 0.3) is 5.91 Å². The second-order valence-corrected chi connectivity index (χ2v) is 8.92. The van der Waals surface area contributed by atoms with Crippen molar-refractivity contribution < 1.29 is 4.79 Å². The molecular weight excluding hydrogens is 302 g/mol. The van der Waals surface area contributed by atoms with Gasteiger partial charge in [-0.2, -0.15) is 0 Å². The van der Waals surface area contributed by atoms with E-state index >= 15 is 0 Å². The van der Waals surface area contributed by atoms with Crippen LogP contribution >= 0.6 is 11.8 Å². The molecule has 1 N–H and O–H groups in total. The van der Waals surface area contributed by atoms with Crippen LogP contribution in [0, 0.1) is 23.7 Å². The molecule has 1 aromatic carbocycles. The standard InChI is InChI=1S/C20H23NOS/c22-20(17-5-6-23-18-4-2-1-3-16(17)18)21-19-14-8-12-7-13(10-14)11-15(19)9-12/h1-5,12-15,19H,6-11H2,(H,21,22). The van der Waals surface area contributed by atoms with Crippen molar-refractivity contribution in [3.8, 4) is 0 Å². The summed E-state index contributed by atoms with van der Waals surface area (Å²) >= 11 is 1.82. The fourth-order valence-electron chi connectivity index (χ4n) is 5.74. The summed E-state index contributed by atoms with van der Waals surface area (Å²) in [5, 5.41) is 3.46. The monoisotopic (exact) mass is 325 g/mol. The van der Waals surface area contributed by atoms with Crippen LogP contribution in [0.2, 0.25) is 0 Å². The number of carbonyl (C=O) groups excluding carboxylic acids is 1. The molecule has 1 aromatic rings. The molecule has 0 saturated heterocycles. The highest BCUT2D eigenvalue weighted by molar-refractivity contribution is 7.99. The molecule has 5 aliphatic rings. The van der Waals surface area contributed by atoms with E-state index < -0.39 is 0 Å². The first-order valence-electron chi connectivity index (χ1n) is 9.01. The average Bonchev–Trinajstić information content (AvgIpc) is 2.57. The number of carbonyl (C=O) groups is 1. The lowest BCUT2D eigenvalue weighted by molar-refractivity contribution is -0.119. The van der Waals surface area contributed by atoms with Crippen LogP contribution in [0.15, 0.2) is 35.2 Å². The number of fused-ring (bicyclic) bond motifs is 1. The van der Waals surface area contributed by atoms with Crippen molar-refractivity contribution in [2.24, 2.45) is 23.7 Å². The fourth-order valence-corrected chi connectivity index (χ4v) is 6.68. The normalized spacial score (nSPS) is 37.2. The number of amides is 1. The topological polar surface area (TPSA) is 29.1 Å². The molecule has 4 saturated carbocycles. The molecule has 120 valence electrons. The summed E-state index contributed by atoms with van der Waals surface area (Å²) in [5.41, 5.74) is 2.01. The minimum Gasteiger partial charge on any atom is -0.349 e. The predicted octanol–water partition coefficient (Wildman–Crippen LogP) is 4.12. The third-order valence-corrected chi connectivity index (χ3v) is 7.47. The van der Waals surface area contributed by atoms with Gasteiger partial charge in [-0.15, -0.1) is 11.8 Å². The summed E-state index contributed by atoms with van der Waals surface area (Å²) in [4.78, 5) is 14.2. The predicted molar refractivity (Wildman–Crippen MR) is 94.1 cm³/mol. The van der Waals surface area contributed by atoms with Crippen molar-refractivity contribution in [2.45, 2.75) is 43.0 Å². The molecular formula is C20H23NOS. The van der Waals surface area contributed by atoms with E-state index in [1.807, 2.05) is 17.8 Å². The number of nitrogens with one attached hydrogen (secondary N) is 1. The van der Waals surface area contributed by atoms with Crippen LogP contribution in [0.25, 0.3) is 5.57 Å². The quantitative estimate of drug-likeness (QED) is 0.886. The van der Waals surface area contributed by atoms with E-state index in [9.17, 15) is 4.79 Å². The van der Waals surface area contributed by atoms with Gasteiger partial charge in [0.05, 0.1) is 0 Å². The molecule has 0 unspecified atom stereocenters. The first-order valence-corrected chi connectivity index (χ1v) is 9.99. The Morgan fingerprint density at radius 2 is 1.70 bits per heavy atom. The third kappa shape index (κ3) is 2.36. The van der Waals surface area contributed by atoms with E-state index in [0.29, 0.717) is 6.04 Å². The molecule has 1 heterocycles. The Labute approximate surface area is 142 Å². The Morgan fingerprint density at radius 3 is 2.43 bits per heavy atom. The van der Waals surface area contributed by atoms with E-state index in [1.54, 1.807) is 0 Å². The Balaban J connectivity index is 1.37. The molecule has 4 fully saturated rings. The summed E-state index contributed by atoms with van der Waals surface area (Å²) in [6.45, 7) is 0. The molecule has 3 heteroatoms. The lowest BCUT2D eigenvalue weighted by Crippen LogP contribution is -2.56. The van der Waals surface area contributed by atoms with Crippen molar-refractivity contribution in [1.29, 1.82) is 0 Å². The summed E-state index contributed by atoms with van der Waals surface area (Å²) in [7, 11) is 0. The van der Waals surface area contributed by atoms with Crippen LogP contribution in [0.4, 0.5) is 0 Å². The first-order chi connectivity index (χ1) is 11.3. The molecule has 1 amide bonds. The maximum Gasteiger partial charge on any atom is 0.251 e. The maximum atomic E-state index is 13.0. The molecule has 0 atom stereocenters. The molecule has 4 bridgehead atoms. The zero-order valence-corrected chi connectivity index (χ0v) is 14.1. The highest BCUT2D eigenvalue weighted by Crippen LogP contribution is 2.53. The number of benzene rings is 1. The Hall–Kier alpha value is -1.22. The second kappa shape index (κ2) is 5.41. The number of rotatable bonds is 2. The van der Waals surface area contributed by atoms with Gasteiger partial charge in [0.2, 0.25) is 0 Å². The summed E-state index contributed by atoms with van der Waals surface area (Å²) in [6, 6.07) is 8.74. The van der Waals surface area contributed by atoms with Gasteiger partial charge in [0, 0.05) is 27.8 Å². The summed E-state index contributed by atoms with van der Waals surface area (Å²) in [5.74, 6) is 4.46. The lowest BCUT2D eigenvalue weighted by Gasteiger charge is -2.54. The van der Waals surface area contributed by atoms with Crippen molar-refractivity contribution in [3.05, 3.63) is 35.9 Å². The Morgan fingerprint density at radius 1 is 1.00 bits per heavy atom. The maximum absolute atomic E-state index is 13.0. The minimum atomic E-state index is 0.162. The van der Waals surface area contributed by atoms with Crippen molar-refractivity contribution in [3.63, 3.8) is 0 Å². The van der Waals surface area contributed by atoms with Gasteiger partial charge in [0.15, 0.2) is 0 Å². The van der Waals surface area contributed by atoms with Crippen LogP contribution in [0.5, 0.6) is 0 Å². The van der Waals surface area contributed by atoms with Crippen LogP contribution in [0.3, 0.4) is 0 Å².